The van der Waals surface area contributed by atoms with Gasteiger partial charge >= 0.3 is 0 Å². The molecule has 3 nitrogen and oxygen atoms in total. The van der Waals surface area contributed by atoms with Crippen LogP contribution in [0.1, 0.15) is 31.2 Å². The molecule has 1 aromatic carbocycles. The lowest BCUT2D eigenvalue weighted by molar-refractivity contribution is -0.132. The van der Waals surface area contributed by atoms with Gasteiger partial charge in [-0.15, -0.1) is 11.8 Å². The standard InChI is InChI=1S/C16H23NO2S/c1-13-6-8-15(9-7-13)20-12-16(19)17(10-3-11-18)14-4-2-5-14/h6-9,14,18H,2-5,10-12H2,1H3. The van der Waals surface area contributed by atoms with Gasteiger partial charge in [0.25, 0.3) is 0 Å². The molecule has 0 atom stereocenters. The average molecular weight is 293 g/mol. The zero-order valence-electron chi connectivity index (χ0n) is 12.0. The number of aliphatic hydroxyl groups is 1. The number of rotatable bonds is 7. The van der Waals surface area contributed by atoms with E-state index in [-0.39, 0.29) is 12.5 Å². The van der Waals surface area contributed by atoms with Crippen LogP contribution in [0, 0.1) is 6.92 Å². The van der Waals surface area contributed by atoms with E-state index in [1.54, 1.807) is 11.8 Å². The van der Waals surface area contributed by atoms with Gasteiger partial charge in [-0.25, -0.2) is 0 Å². The summed E-state index contributed by atoms with van der Waals surface area (Å²) in [5, 5.41) is 8.96. The molecule has 1 aliphatic carbocycles. The third-order valence-electron chi connectivity index (χ3n) is 3.78. The Morgan fingerprint density at radius 2 is 2.05 bits per heavy atom. The summed E-state index contributed by atoms with van der Waals surface area (Å²) in [6.45, 7) is 2.91. The monoisotopic (exact) mass is 293 g/mol. The van der Waals surface area contributed by atoms with Crippen LogP contribution in [0.25, 0.3) is 0 Å². The van der Waals surface area contributed by atoms with Gasteiger partial charge in [-0.3, -0.25) is 4.79 Å². The highest BCUT2D eigenvalue weighted by molar-refractivity contribution is 8.00. The van der Waals surface area contributed by atoms with E-state index >= 15 is 0 Å². The number of hydrogen-bond acceptors (Lipinski definition) is 3. The number of hydrogen-bond donors (Lipinski definition) is 1. The molecule has 1 aliphatic rings. The molecule has 0 aliphatic heterocycles. The average Bonchev–Trinajstić information content (AvgIpc) is 2.40. The van der Waals surface area contributed by atoms with Crippen molar-refractivity contribution in [3.8, 4) is 0 Å². The van der Waals surface area contributed by atoms with Crippen molar-refractivity contribution >= 4 is 17.7 Å². The number of carbonyl (C=O) groups excluding carboxylic acids is 1. The van der Waals surface area contributed by atoms with Crippen LogP contribution in [0.3, 0.4) is 0 Å². The van der Waals surface area contributed by atoms with Crippen LogP contribution in [0.5, 0.6) is 0 Å². The molecule has 1 aromatic rings. The van der Waals surface area contributed by atoms with Crippen LogP contribution in [0.2, 0.25) is 0 Å². The molecule has 1 saturated carbocycles. The lowest BCUT2D eigenvalue weighted by Gasteiger charge is -2.37. The van der Waals surface area contributed by atoms with Crippen molar-refractivity contribution in [1.29, 1.82) is 0 Å². The minimum Gasteiger partial charge on any atom is -0.396 e. The maximum Gasteiger partial charge on any atom is 0.233 e. The molecule has 0 bridgehead atoms. The van der Waals surface area contributed by atoms with Gasteiger partial charge < -0.3 is 10.0 Å². The molecule has 0 radical (unpaired) electrons. The molecule has 4 heteroatoms. The van der Waals surface area contributed by atoms with Crippen molar-refractivity contribution in [2.75, 3.05) is 18.9 Å². The molecule has 0 unspecified atom stereocenters. The highest BCUT2D eigenvalue weighted by atomic mass is 32.2. The normalized spacial score (nSPS) is 14.9. The number of aliphatic hydroxyl groups excluding tert-OH is 1. The Bertz CT molecular complexity index is 429. The fourth-order valence-electron chi connectivity index (χ4n) is 2.31. The molecule has 1 N–H and O–H groups in total. The molecule has 1 fully saturated rings. The Hall–Kier alpha value is -1.00. The summed E-state index contributed by atoms with van der Waals surface area (Å²) in [4.78, 5) is 15.5. The van der Waals surface area contributed by atoms with Gasteiger partial charge in [0, 0.05) is 24.1 Å². The molecular formula is C16H23NO2S. The molecule has 110 valence electrons. The highest BCUT2D eigenvalue weighted by Gasteiger charge is 2.28. The lowest BCUT2D eigenvalue weighted by atomic mass is 9.91. The molecule has 2 rings (SSSR count). The lowest BCUT2D eigenvalue weighted by Crippen LogP contribution is -2.45. The fraction of sp³-hybridized carbons (Fsp3) is 0.562. The van der Waals surface area contributed by atoms with Gasteiger partial charge in [0.1, 0.15) is 0 Å². The largest absolute Gasteiger partial charge is 0.396 e. The van der Waals surface area contributed by atoms with E-state index < -0.39 is 0 Å². The minimum absolute atomic E-state index is 0.154. The van der Waals surface area contributed by atoms with Gasteiger partial charge in [-0.05, 0) is 44.7 Å². The molecule has 0 heterocycles. The van der Waals surface area contributed by atoms with Gasteiger partial charge in [0.05, 0.1) is 5.75 Å². The third kappa shape index (κ3) is 4.25. The maximum atomic E-state index is 12.3. The van der Waals surface area contributed by atoms with E-state index in [4.69, 9.17) is 5.11 Å². The molecule has 0 aromatic heterocycles. The second-order valence-corrected chi connectivity index (χ2v) is 6.40. The SMILES string of the molecule is Cc1ccc(SCC(=O)N(CCCO)C2CCC2)cc1. The van der Waals surface area contributed by atoms with Gasteiger partial charge in [-0.1, -0.05) is 17.7 Å². The first kappa shape index (κ1) is 15.4. The Kier molecular flexibility index (Phi) is 5.92. The van der Waals surface area contributed by atoms with E-state index in [2.05, 4.69) is 31.2 Å². The topological polar surface area (TPSA) is 40.5 Å². The molecule has 20 heavy (non-hydrogen) atoms. The Balaban J connectivity index is 1.85. The van der Waals surface area contributed by atoms with Gasteiger partial charge in [-0.2, -0.15) is 0 Å². The van der Waals surface area contributed by atoms with Crippen LogP contribution < -0.4 is 0 Å². The highest BCUT2D eigenvalue weighted by Crippen LogP contribution is 2.26. The molecule has 0 spiro atoms. The quantitative estimate of drug-likeness (QED) is 0.786. The Morgan fingerprint density at radius 1 is 1.35 bits per heavy atom. The first-order chi connectivity index (χ1) is 9.70. The predicted octanol–water partition coefficient (Wildman–Crippen LogP) is 2.85. The van der Waals surface area contributed by atoms with Crippen molar-refractivity contribution in [2.45, 2.75) is 43.5 Å². The zero-order valence-corrected chi connectivity index (χ0v) is 12.9. The van der Waals surface area contributed by atoms with Crippen LogP contribution in [-0.2, 0) is 4.79 Å². The number of benzene rings is 1. The number of thioether (sulfide) groups is 1. The predicted molar refractivity (Wildman–Crippen MR) is 83.0 cm³/mol. The smallest absolute Gasteiger partial charge is 0.233 e. The summed E-state index contributed by atoms with van der Waals surface area (Å²) in [7, 11) is 0. The summed E-state index contributed by atoms with van der Waals surface area (Å²) in [5.41, 5.74) is 1.24. The summed E-state index contributed by atoms with van der Waals surface area (Å²) < 4.78 is 0. The molecule has 1 amide bonds. The summed E-state index contributed by atoms with van der Waals surface area (Å²) in [6, 6.07) is 8.68. The van der Waals surface area contributed by atoms with Crippen LogP contribution in [-0.4, -0.2) is 40.9 Å². The number of aryl methyl sites for hydroxylation is 1. The molecular weight excluding hydrogens is 270 g/mol. The number of carbonyl (C=O) groups is 1. The first-order valence-electron chi connectivity index (χ1n) is 7.30. The summed E-state index contributed by atoms with van der Waals surface area (Å²) >= 11 is 1.60. The van der Waals surface area contributed by atoms with Crippen molar-refractivity contribution < 1.29 is 9.90 Å². The zero-order chi connectivity index (χ0) is 14.4. The summed E-state index contributed by atoms with van der Waals surface area (Å²) in [5.74, 6) is 0.694. The van der Waals surface area contributed by atoms with E-state index in [1.807, 2.05) is 4.90 Å². The van der Waals surface area contributed by atoms with Crippen molar-refractivity contribution in [3.05, 3.63) is 29.8 Å². The van der Waals surface area contributed by atoms with E-state index in [0.717, 1.165) is 17.7 Å². The van der Waals surface area contributed by atoms with E-state index in [9.17, 15) is 4.79 Å². The fourth-order valence-corrected chi connectivity index (χ4v) is 3.10. The first-order valence-corrected chi connectivity index (χ1v) is 8.29. The van der Waals surface area contributed by atoms with E-state index in [1.165, 1.54) is 12.0 Å². The van der Waals surface area contributed by atoms with Gasteiger partial charge in [0.2, 0.25) is 5.91 Å². The van der Waals surface area contributed by atoms with E-state index in [0.29, 0.717) is 24.8 Å². The number of nitrogens with zero attached hydrogens (tertiary/aromatic N) is 1. The van der Waals surface area contributed by atoms with Crippen molar-refractivity contribution in [1.82, 2.24) is 4.90 Å². The maximum absolute atomic E-state index is 12.3. The second-order valence-electron chi connectivity index (χ2n) is 5.35. The number of amides is 1. The van der Waals surface area contributed by atoms with Crippen LogP contribution in [0.15, 0.2) is 29.2 Å². The second kappa shape index (κ2) is 7.70. The van der Waals surface area contributed by atoms with Crippen LogP contribution >= 0.6 is 11.8 Å². The summed E-state index contributed by atoms with van der Waals surface area (Å²) in [6.07, 6.45) is 4.13. The van der Waals surface area contributed by atoms with Crippen LogP contribution in [0.4, 0.5) is 0 Å². The minimum atomic E-state index is 0.154. The van der Waals surface area contributed by atoms with Crippen molar-refractivity contribution in [2.24, 2.45) is 0 Å². The van der Waals surface area contributed by atoms with Gasteiger partial charge in [0.15, 0.2) is 0 Å². The van der Waals surface area contributed by atoms with Crippen molar-refractivity contribution in [3.63, 3.8) is 0 Å². The Morgan fingerprint density at radius 3 is 2.60 bits per heavy atom. The third-order valence-corrected chi connectivity index (χ3v) is 4.77. The Labute approximate surface area is 125 Å². The molecule has 0 saturated heterocycles.